The smallest absolute Gasteiger partial charge is 0.258 e. The molecule has 2 rings (SSSR count). The van der Waals surface area contributed by atoms with E-state index in [1.165, 1.54) is 18.3 Å². The van der Waals surface area contributed by atoms with Gasteiger partial charge in [-0.05, 0) is 42.7 Å². The second kappa shape index (κ2) is 9.12. The van der Waals surface area contributed by atoms with Gasteiger partial charge >= 0.3 is 0 Å². The Labute approximate surface area is 164 Å². The zero-order valence-electron chi connectivity index (χ0n) is 15.3. The second-order valence-corrected chi connectivity index (χ2v) is 8.60. The summed E-state index contributed by atoms with van der Waals surface area (Å²) < 4.78 is 27.6. The molecule has 0 fully saturated rings. The fourth-order valence-electron chi connectivity index (χ4n) is 2.27. The molecule has 2 aromatic rings. The summed E-state index contributed by atoms with van der Waals surface area (Å²) in [5.41, 5.74) is 4.03. The third-order valence-corrected chi connectivity index (χ3v) is 5.49. The molecule has 0 bridgehead atoms. The normalized spacial score (nSPS) is 13.1. The van der Waals surface area contributed by atoms with Gasteiger partial charge in [0.05, 0.1) is 11.1 Å². The van der Waals surface area contributed by atoms with Crippen molar-refractivity contribution in [2.45, 2.75) is 31.7 Å². The Bertz CT molecular complexity index is 925. The van der Waals surface area contributed by atoms with Gasteiger partial charge in [-0.1, -0.05) is 55.3 Å². The number of hydrazone groups is 1. The quantitative estimate of drug-likeness (QED) is 0.546. The maximum atomic E-state index is 12.6. The van der Waals surface area contributed by atoms with Crippen LogP contribution in [0.25, 0.3) is 0 Å². The van der Waals surface area contributed by atoms with Crippen LogP contribution in [-0.4, -0.2) is 26.6 Å². The molecule has 144 valence electrons. The zero-order valence-corrected chi connectivity index (χ0v) is 16.9. The monoisotopic (exact) mass is 407 g/mol. The number of nitrogens with zero attached hydrogens (tertiary/aromatic N) is 1. The molecule has 0 aromatic heterocycles. The minimum Gasteiger partial charge on any atom is -0.271 e. The van der Waals surface area contributed by atoms with Crippen molar-refractivity contribution >= 4 is 33.7 Å². The van der Waals surface area contributed by atoms with E-state index in [1.807, 2.05) is 6.92 Å². The highest BCUT2D eigenvalue weighted by Gasteiger charge is 2.28. The number of halogens is 1. The fourth-order valence-corrected chi connectivity index (χ4v) is 3.81. The Hall–Kier alpha value is -2.22. The molecule has 1 amide bonds. The van der Waals surface area contributed by atoms with Crippen molar-refractivity contribution in [1.82, 2.24) is 10.1 Å². The van der Waals surface area contributed by atoms with E-state index in [0.717, 1.165) is 5.56 Å². The summed E-state index contributed by atoms with van der Waals surface area (Å²) in [5.74, 6) is -0.814. The van der Waals surface area contributed by atoms with Gasteiger partial charge in [-0.3, -0.25) is 4.79 Å². The molecule has 0 saturated heterocycles. The van der Waals surface area contributed by atoms with Crippen LogP contribution < -0.4 is 10.1 Å². The number of aryl methyl sites for hydroxylation is 1. The Balaban J connectivity index is 2.09. The fraction of sp³-hybridized carbons (Fsp3) is 0.263. The summed E-state index contributed by atoms with van der Waals surface area (Å²) in [4.78, 5) is 12.5. The number of amides is 1. The summed E-state index contributed by atoms with van der Waals surface area (Å²) >= 11 is 5.89. The van der Waals surface area contributed by atoms with Crippen LogP contribution in [0.3, 0.4) is 0 Å². The first-order valence-corrected chi connectivity index (χ1v) is 10.2. The van der Waals surface area contributed by atoms with Crippen LogP contribution in [0.1, 0.15) is 25.0 Å². The molecule has 0 radical (unpaired) electrons. The molecule has 0 aliphatic heterocycles. The summed E-state index contributed by atoms with van der Waals surface area (Å²) in [6.45, 7) is 5.37. The molecule has 2 N–H and O–H groups in total. The predicted octanol–water partition coefficient (Wildman–Crippen LogP) is 3.10. The first-order valence-electron chi connectivity index (χ1n) is 8.36. The number of carbonyl (C=O) groups is 1. The number of hydrogen-bond donors (Lipinski definition) is 2. The molecule has 27 heavy (non-hydrogen) atoms. The lowest BCUT2D eigenvalue weighted by atomic mass is 10.1. The number of hydrogen-bond acceptors (Lipinski definition) is 4. The van der Waals surface area contributed by atoms with Crippen LogP contribution in [0.5, 0.6) is 0 Å². The van der Waals surface area contributed by atoms with E-state index < -0.39 is 22.0 Å². The van der Waals surface area contributed by atoms with Crippen LogP contribution >= 0.6 is 11.6 Å². The van der Waals surface area contributed by atoms with E-state index in [1.54, 1.807) is 50.2 Å². The average molecular weight is 408 g/mol. The van der Waals surface area contributed by atoms with Gasteiger partial charge in [0, 0.05) is 5.02 Å². The molecule has 2 aromatic carbocycles. The van der Waals surface area contributed by atoms with Crippen LogP contribution in [0.2, 0.25) is 5.02 Å². The van der Waals surface area contributed by atoms with Crippen molar-refractivity contribution in [1.29, 1.82) is 0 Å². The second-order valence-electron chi connectivity index (χ2n) is 6.45. The minimum absolute atomic E-state index is 0.106. The van der Waals surface area contributed by atoms with Gasteiger partial charge in [-0.25, -0.2) is 13.8 Å². The van der Waals surface area contributed by atoms with Gasteiger partial charge in [0.2, 0.25) is 10.0 Å². The maximum Gasteiger partial charge on any atom is 0.258 e. The summed E-state index contributed by atoms with van der Waals surface area (Å²) in [5, 5.41) is 4.43. The molecule has 0 unspecified atom stereocenters. The molecule has 0 aliphatic carbocycles. The van der Waals surface area contributed by atoms with E-state index >= 15 is 0 Å². The molecular formula is C19H22ClN3O3S. The van der Waals surface area contributed by atoms with Gasteiger partial charge in [0.1, 0.15) is 6.04 Å². The Morgan fingerprint density at radius 1 is 1.15 bits per heavy atom. The van der Waals surface area contributed by atoms with Crippen LogP contribution in [-0.2, 0) is 14.8 Å². The Morgan fingerprint density at radius 3 is 2.41 bits per heavy atom. The highest BCUT2D eigenvalue weighted by molar-refractivity contribution is 7.89. The van der Waals surface area contributed by atoms with E-state index in [2.05, 4.69) is 15.2 Å². The standard InChI is InChI=1S/C19H22ClN3O3S/c1-13(2)18(23-27(25,26)17-9-7-14(3)8-10-17)19(24)22-21-12-15-5-4-6-16(20)11-15/h4-13,18,23H,1-3H3,(H,22,24)/b21-12-/t18-/m0/s1. The number of carbonyl (C=O) groups excluding carboxylic acids is 1. The van der Waals surface area contributed by atoms with E-state index in [-0.39, 0.29) is 10.8 Å². The van der Waals surface area contributed by atoms with Crippen molar-refractivity contribution in [2.24, 2.45) is 11.0 Å². The Morgan fingerprint density at radius 2 is 1.81 bits per heavy atom. The van der Waals surface area contributed by atoms with E-state index in [9.17, 15) is 13.2 Å². The molecule has 0 saturated carbocycles. The van der Waals surface area contributed by atoms with Crippen molar-refractivity contribution in [3.63, 3.8) is 0 Å². The number of sulfonamides is 1. The highest BCUT2D eigenvalue weighted by Crippen LogP contribution is 2.13. The first kappa shape index (κ1) is 21.1. The van der Waals surface area contributed by atoms with Crippen molar-refractivity contribution in [2.75, 3.05) is 0 Å². The summed E-state index contributed by atoms with van der Waals surface area (Å²) in [6, 6.07) is 12.4. The molecule has 0 heterocycles. The lowest BCUT2D eigenvalue weighted by Gasteiger charge is -2.20. The Kier molecular flexibility index (Phi) is 7.12. The van der Waals surface area contributed by atoms with Gasteiger partial charge in [-0.15, -0.1) is 0 Å². The molecule has 8 heteroatoms. The molecule has 0 aliphatic rings. The topological polar surface area (TPSA) is 87.6 Å². The van der Waals surface area contributed by atoms with Gasteiger partial charge in [0.25, 0.3) is 5.91 Å². The minimum atomic E-state index is -3.83. The first-order chi connectivity index (χ1) is 12.7. The third-order valence-electron chi connectivity index (χ3n) is 3.80. The maximum absolute atomic E-state index is 12.6. The SMILES string of the molecule is Cc1ccc(S(=O)(=O)N[C@H](C(=O)N/N=C\c2cccc(Cl)c2)C(C)C)cc1. The van der Waals surface area contributed by atoms with Crippen LogP contribution in [0.15, 0.2) is 58.5 Å². The van der Waals surface area contributed by atoms with E-state index in [0.29, 0.717) is 10.6 Å². The number of rotatable bonds is 7. The van der Waals surface area contributed by atoms with Crippen molar-refractivity contribution in [3.05, 3.63) is 64.7 Å². The van der Waals surface area contributed by atoms with Crippen LogP contribution in [0, 0.1) is 12.8 Å². The highest BCUT2D eigenvalue weighted by atomic mass is 35.5. The lowest BCUT2D eigenvalue weighted by molar-refractivity contribution is -0.123. The predicted molar refractivity (Wildman–Crippen MR) is 107 cm³/mol. The lowest BCUT2D eigenvalue weighted by Crippen LogP contribution is -2.48. The van der Waals surface area contributed by atoms with Gasteiger partial charge < -0.3 is 0 Å². The molecular weight excluding hydrogens is 386 g/mol. The molecule has 6 nitrogen and oxygen atoms in total. The average Bonchev–Trinajstić information content (AvgIpc) is 2.60. The van der Waals surface area contributed by atoms with Crippen LogP contribution in [0.4, 0.5) is 0 Å². The largest absolute Gasteiger partial charge is 0.271 e. The summed E-state index contributed by atoms with van der Waals surface area (Å²) in [6.07, 6.45) is 1.44. The number of benzene rings is 2. The molecule has 0 spiro atoms. The molecule has 1 atom stereocenters. The number of nitrogens with one attached hydrogen (secondary N) is 2. The van der Waals surface area contributed by atoms with Crippen molar-refractivity contribution in [3.8, 4) is 0 Å². The van der Waals surface area contributed by atoms with Crippen molar-refractivity contribution < 1.29 is 13.2 Å². The summed E-state index contributed by atoms with van der Waals surface area (Å²) in [7, 11) is -3.83. The zero-order chi connectivity index (χ0) is 20.0. The van der Waals surface area contributed by atoms with Gasteiger partial charge in [0.15, 0.2) is 0 Å². The van der Waals surface area contributed by atoms with Gasteiger partial charge in [-0.2, -0.15) is 9.82 Å². The third kappa shape index (κ3) is 6.16. The van der Waals surface area contributed by atoms with E-state index in [4.69, 9.17) is 11.6 Å².